The van der Waals surface area contributed by atoms with Gasteiger partial charge in [-0.25, -0.2) is 8.42 Å². The summed E-state index contributed by atoms with van der Waals surface area (Å²) in [7, 11) is -0.839. The van der Waals surface area contributed by atoms with E-state index in [-0.39, 0.29) is 11.8 Å². The number of fused-ring (bicyclic) bond motifs is 1. The van der Waals surface area contributed by atoms with Crippen LogP contribution in [-0.4, -0.2) is 42.9 Å². The molecule has 2 aromatic rings. The van der Waals surface area contributed by atoms with Gasteiger partial charge in [0, 0.05) is 24.2 Å². The van der Waals surface area contributed by atoms with Crippen LogP contribution in [0, 0.1) is 0 Å². The number of pyridine rings is 1. The number of nitrogens with zero attached hydrogens (tertiary/aromatic N) is 2. The number of hydrogen-bond acceptors (Lipinski definition) is 4. The lowest BCUT2D eigenvalue weighted by molar-refractivity contribution is 0.254. The zero-order valence-corrected chi connectivity index (χ0v) is 12.3. The molecular weight excluding hydrogens is 272 g/mol. The third-order valence-electron chi connectivity index (χ3n) is 3.97. The first-order valence-electron chi connectivity index (χ1n) is 6.78. The molecule has 1 aliphatic rings. The molecule has 1 fully saturated rings. The van der Waals surface area contributed by atoms with Crippen LogP contribution in [0.15, 0.2) is 36.5 Å². The predicted molar refractivity (Wildman–Crippen MR) is 80.3 cm³/mol. The number of hydrogen-bond donors (Lipinski definition) is 0. The largest absolute Gasteiger partial charge is 0.298 e. The first-order chi connectivity index (χ1) is 9.55. The highest BCUT2D eigenvalue weighted by atomic mass is 32.2. The first-order valence-corrected chi connectivity index (χ1v) is 8.60. The van der Waals surface area contributed by atoms with Crippen LogP contribution in [0.4, 0.5) is 0 Å². The average molecular weight is 290 g/mol. The normalized spacial score (nSPS) is 21.6. The third-order valence-corrected chi connectivity index (χ3v) is 5.72. The highest BCUT2D eigenvalue weighted by molar-refractivity contribution is 7.91. The van der Waals surface area contributed by atoms with Crippen molar-refractivity contribution in [1.29, 1.82) is 0 Å². The quantitative estimate of drug-likeness (QED) is 0.865. The molecule has 5 heteroatoms. The molecule has 0 saturated carbocycles. The van der Waals surface area contributed by atoms with E-state index in [1.165, 1.54) is 0 Å². The number of para-hydroxylation sites is 1. The minimum absolute atomic E-state index is 0.124. The van der Waals surface area contributed by atoms with Crippen molar-refractivity contribution < 1.29 is 8.42 Å². The lowest BCUT2D eigenvalue weighted by Crippen LogP contribution is -2.32. The highest BCUT2D eigenvalue weighted by Gasteiger charge is 2.30. The molecule has 1 atom stereocenters. The Labute approximate surface area is 119 Å². The second-order valence-electron chi connectivity index (χ2n) is 5.46. The van der Waals surface area contributed by atoms with E-state index < -0.39 is 9.84 Å². The summed E-state index contributed by atoms with van der Waals surface area (Å²) in [4.78, 5) is 6.58. The molecule has 1 aromatic carbocycles. The van der Waals surface area contributed by atoms with Crippen LogP contribution in [0.5, 0.6) is 0 Å². The van der Waals surface area contributed by atoms with Gasteiger partial charge in [-0.2, -0.15) is 0 Å². The number of benzene rings is 1. The molecular formula is C15H18N2O2S. The molecule has 106 valence electrons. The standard InChI is InChI=1S/C15H18N2O2S/c1-17(14-7-9-20(18,19)11-14)10-13-5-2-4-12-6-3-8-16-15(12)13/h2-6,8,14H,7,9-11H2,1H3. The van der Waals surface area contributed by atoms with E-state index in [2.05, 4.69) is 16.0 Å². The van der Waals surface area contributed by atoms with Crippen molar-refractivity contribution in [2.45, 2.75) is 19.0 Å². The molecule has 0 bridgehead atoms. The van der Waals surface area contributed by atoms with Crippen molar-refractivity contribution >= 4 is 20.7 Å². The van der Waals surface area contributed by atoms with Gasteiger partial charge in [0.2, 0.25) is 0 Å². The molecule has 0 spiro atoms. The predicted octanol–water partition coefficient (Wildman–Crippen LogP) is 1.85. The van der Waals surface area contributed by atoms with Gasteiger partial charge in [0.1, 0.15) is 0 Å². The summed E-state index contributed by atoms with van der Waals surface area (Å²) in [5.74, 6) is 0.595. The van der Waals surface area contributed by atoms with Gasteiger partial charge in [-0.3, -0.25) is 9.88 Å². The summed E-state index contributed by atoms with van der Waals surface area (Å²) in [5.41, 5.74) is 2.15. The van der Waals surface area contributed by atoms with E-state index in [1.807, 2.05) is 31.3 Å². The number of sulfone groups is 1. The van der Waals surface area contributed by atoms with Crippen LogP contribution in [-0.2, 0) is 16.4 Å². The van der Waals surface area contributed by atoms with Crippen molar-refractivity contribution in [1.82, 2.24) is 9.88 Å². The van der Waals surface area contributed by atoms with Crippen LogP contribution in [0.25, 0.3) is 10.9 Å². The zero-order chi connectivity index (χ0) is 14.2. The Kier molecular flexibility index (Phi) is 3.48. The van der Waals surface area contributed by atoms with Gasteiger partial charge in [0.05, 0.1) is 17.0 Å². The van der Waals surface area contributed by atoms with Gasteiger partial charge in [0.15, 0.2) is 9.84 Å². The van der Waals surface area contributed by atoms with Crippen molar-refractivity contribution in [3.05, 3.63) is 42.1 Å². The topological polar surface area (TPSA) is 50.3 Å². The van der Waals surface area contributed by atoms with E-state index in [0.717, 1.165) is 29.4 Å². The summed E-state index contributed by atoms with van der Waals surface area (Å²) >= 11 is 0. The maximum absolute atomic E-state index is 11.6. The van der Waals surface area contributed by atoms with Gasteiger partial charge in [-0.05, 0) is 25.1 Å². The van der Waals surface area contributed by atoms with Crippen LogP contribution in [0.1, 0.15) is 12.0 Å². The maximum atomic E-state index is 11.6. The lowest BCUT2D eigenvalue weighted by Gasteiger charge is -2.23. The number of aromatic nitrogens is 1. The van der Waals surface area contributed by atoms with Crippen LogP contribution in [0.3, 0.4) is 0 Å². The van der Waals surface area contributed by atoms with Gasteiger partial charge in [-0.1, -0.05) is 24.3 Å². The molecule has 4 nitrogen and oxygen atoms in total. The fourth-order valence-corrected chi connectivity index (χ4v) is 4.62. The molecule has 0 radical (unpaired) electrons. The maximum Gasteiger partial charge on any atom is 0.151 e. The first kappa shape index (κ1) is 13.5. The Morgan fingerprint density at radius 1 is 1.30 bits per heavy atom. The fourth-order valence-electron chi connectivity index (χ4n) is 2.82. The Balaban J connectivity index is 1.83. The van der Waals surface area contributed by atoms with Crippen molar-refractivity contribution in [3.63, 3.8) is 0 Å². The fraction of sp³-hybridized carbons (Fsp3) is 0.400. The van der Waals surface area contributed by atoms with Crippen molar-refractivity contribution in [3.8, 4) is 0 Å². The summed E-state index contributed by atoms with van der Waals surface area (Å²) < 4.78 is 23.1. The van der Waals surface area contributed by atoms with E-state index >= 15 is 0 Å². The van der Waals surface area contributed by atoms with E-state index in [0.29, 0.717) is 5.75 Å². The molecule has 0 N–H and O–H groups in total. The molecule has 1 unspecified atom stereocenters. The van der Waals surface area contributed by atoms with Crippen LogP contribution >= 0.6 is 0 Å². The molecule has 0 amide bonds. The van der Waals surface area contributed by atoms with E-state index in [9.17, 15) is 8.42 Å². The third kappa shape index (κ3) is 2.69. The smallest absolute Gasteiger partial charge is 0.151 e. The Hall–Kier alpha value is -1.46. The van der Waals surface area contributed by atoms with Gasteiger partial charge >= 0.3 is 0 Å². The summed E-state index contributed by atoms with van der Waals surface area (Å²) in [6, 6.07) is 10.2. The summed E-state index contributed by atoms with van der Waals surface area (Å²) in [5, 5.41) is 1.12. The molecule has 0 aliphatic carbocycles. The molecule has 1 aliphatic heterocycles. The minimum atomic E-state index is -2.83. The zero-order valence-electron chi connectivity index (χ0n) is 11.5. The van der Waals surface area contributed by atoms with Gasteiger partial charge < -0.3 is 0 Å². The second kappa shape index (κ2) is 5.14. The Morgan fingerprint density at radius 2 is 2.10 bits per heavy atom. The van der Waals surface area contributed by atoms with Crippen molar-refractivity contribution in [2.75, 3.05) is 18.6 Å². The van der Waals surface area contributed by atoms with Crippen LogP contribution < -0.4 is 0 Å². The minimum Gasteiger partial charge on any atom is -0.298 e. The Morgan fingerprint density at radius 3 is 2.85 bits per heavy atom. The average Bonchev–Trinajstić information content (AvgIpc) is 2.80. The molecule has 3 rings (SSSR count). The van der Waals surface area contributed by atoms with E-state index in [1.54, 1.807) is 6.20 Å². The highest BCUT2D eigenvalue weighted by Crippen LogP contribution is 2.21. The Bertz CT molecular complexity index is 722. The second-order valence-corrected chi connectivity index (χ2v) is 7.69. The van der Waals surface area contributed by atoms with Crippen molar-refractivity contribution in [2.24, 2.45) is 0 Å². The van der Waals surface area contributed by atoms with Gasteiger partial charge in [0.25, 0.3) is 0 Å². The molecule has 2 heterocycles. The molecule has 20 heavy (non-hydrogen) atoms. The van der Waals surface area contributed by atoms with E-state index in [4.69, 9.17) is 0 Å². The van der Waals surface area contributed by atoms with Crippen LogP contribution in [0.2, 0.25) is 0 Å². The lowest BCUT2D eigenvalue weighted by atomic mass is 10.1. The van der Waals surface area contributed by atoms with Gasteiger partial charge in [-0.15, -0.1) is 0 Å². The SMILES string of the molecule is CN(Cc1cccc2cccnc12)C1CCS(=O)(=O)C1. The molecule has 1 aromatic heterocycles. The summed E-state index contributed by atoms with van der Waals surface area (Å²) in [6.07, 6.45) is 2.53. The monoisotopic (exact) mass is 290 g/mol. The number of rotatable bonds is 3. The summed E-state index contributed by atoms with van der Waals surface area (Å²) in [6.45, 7) is 0.731. The molecule has 1 saturated heterocycles.